The fraction of sp³-hybridized carbons (Fsp3) is 0.471. The fourth-order valence-corrected chi connectivity index (χ4v) is 3.28. The summed E-state index contributed by atoms with van der Waals surface area (Å²) in [5, 5.41) is 1.21. The zero-order chi connectivity index (χ0) is 13.8. The van der Waals surface area contributed by atoms with Crippen LogP contribution < -0.4 is 5.73 Å². The zero-order valence-corrected chi connectivity index (χ0v) is 12.0. The van der Waals surface area contributed by atoms with E-state index in [2.05, 4.69) is 34.1 Å². The number of pyridine rings is 1. The van der Waals surface area contributed by atoms with Crippen LogP contribution in [-0.4, -0.2) is 29.5 Å². The van der Waals surface area contributed by atoms with Crippen molar-refractivity contribution in [2.45, 2.75) is 31.7 Å². The molecule has 0 radical (unpaired) electrons. The molecule has 0 aliphatic carbocycles. The van der Waals surface area contributed by atoms with Crippen molar-refractivity contribution in [3.05, 3.63) is 42.1 Å². The van der Waals surface area contributed by atoms with E-state index in [1.807, 2.05) is 12.3 Å². The van der Waals surface area contributed by atoms with Gasteiger partial charge in [0.05, 0.1) is 5.52 Å². The van der Waals surface area contributed by atoms with Crippen molar-refractivity contribution in [2.75, 3.05) is 19.6 Å². The molecule has 1 fully saturated rings. The monoisotopic (exact) mass is 269 g/mol. The first kappa shape index (κ1) is 13.5. The predicted octanol–water partition coefficient (Wildman–Crippen LogP) is 3.11. The van der Waals surface area contributed by atoms with E-state index in [4.69, 9.17) is 5.73 Å². The largest absolute Gasteiger partial charge is 0.329 e. The van der Waals surface area contributed by atoms with Crippen LogP contribution in [0.3, 0.4) is 0 Å². The first-order chi connectivity index (χ1) is 9.90. The van der Waals surface area contributed by atoms with Gasteiger partial charge < -0.3 is 5.73 Å². The number of hydrogen-bond acceptors (Lipinski definition) is 3. The summed E-state index contributed by atoms with van der Waals surface area (Å²) in [6, 6.07) is 10.9. The highest BCUT2D eigenvalue weighted by Gasteiger charge is 2.22. The molecule has 3 nitrogen and oxygen atoms in total. The second-order valence-corrected chi connectivity index (χ2v) is 5.62. The highest BCUT2D eigenvalue weighted by atomic mass is 15.2. The highest BCUT2D eigenvalue weighted by Crippen LogP contribution is 2.28. The highest BCUT2D eigenvalue weighted by molar-refractivity contribution is 5.82. The number of benzene rings is 1. The zero-order valence-electron chi connectivity index (χ0n) is 12.0. The Morgan fingerprint density at radius 1 is 1.05 bits per heavy atom. The maximum Gasteiger partial charge on any atom is 0.0750 e. The summed E-state index contributed by atoms with van der Waals surface area (Å²) in [7, 11) is 0. The van der Waals surface area contributed by atoms with Crippen LogP contribution in [0.4, 0.5) is 0 Å². The standard InChI is InChI=1S/C17H23N3/c18-13-16(20-11-3-1-2-4-12-20)15-9-5-7-14-8-6-10-19-17(14)15/h5-10,16H,1-4,11-13,18H2. The van der Waals surface area contributed by atoms with Crippen LogP contribution in [0.5, 0.6) is 0 Å². The van der Waals surface area contributed by atoms with Crippen molar-refractivity contribution < 1.29 is 0 Å². The molecule has 106 valence electrons. The van der Waals surface area contributed by atoms with Gasteiger partial charge in [0.25, 0.3) is 0 Å². The molecule has 2 N–H and O–H groups in total. The first-order valence-electron chi connectivity index (χ1n) is 7.68. The van der Waals surface area contributed by atoms with E-state index < -0.39 is 0 Å². The number of likely N-dealkylation sites (tertiary alicyclic amines) is 1. The van der Waals surface area contributed by atoms with Gasteiger partial charge in [-0.1, -0.05) is 37.1 Å². The molecule has 0 saturated carbocycles. The molecule has 3 rings (SSSR count). The first-order valence-corrected chi connectivity index (χ1v) is 7.68. The lowest BCUT2D eigenvalue weighted by molar-refractivity contribution is 0.211. The summed E-state index contributed by atoms with van der Waals surface area (Å²) >= 11 is 0. The second kappa shape index (κ2) is 6.33. The van der Waals surface area contributed by atoms with E-state index in [0.29, 0.717) is 12.6 Å². The molecule has 0 bridgehead atoms. The Morgan fingerprint density at radius 2 is 1.80 bits per heavy atom. The Bertz CT molecular complexity index is 554. The van der Waals surface area contributed by atoms with E-state index in [1.54, 1.807) is 0 Å². The molecule has 2 aromatic rings. The molecule has 20 heavy (non-hydrogen) atoms. The molecule has 1 aliphatic rings. The van der Waals surface area contributed by atoms with Gasteiger partial charge in [-0.2, -0.15) is 0 Å². The number of para-hydroxylation sites is 1. The minimum Gasteiger partial charge on any atom is -0.329 e. The summed E-state index contributed by atoms with van der Waals surface area (Å²) in [6.07, 6.45) is 7.15. The van der Waals surface area contributed by atoms with Gasteiger partial charge in [-0.05, 0) is 37.6 Å². The molecule has 0 spiro atoms. The molecule has 3 heteroatoms. The molecule has 2 heterocycles. The van der Waals surface area contributed by atoms with Crippen LogP contribution in [0.25, 0.3) is 10.9 Å². The predicted molar refractivity (Wildman–Crippen MR) is 83.6 cm³/mol. The van der Waals surface area contributed by atoms with E-state index in [-0.39, 0.29) is 0 Å². The summed E-state index contributed by atoms with van der Waals surface area (Å²) in [6.45, 7) is 2.98. The lowest BCUT2D eigenvalue weighted by atomic mass is 10.0. The van der Waals surface area contributed by atoms with Gasteiger partial charge in [0.15, 0.2) is 0 Å². The Hall–Kier alpha value is -1.45. The molecular weight excluding hydrogens is 246 g/mol. The normalized spacial score (nSPS) is 18.9. The van der Waals surface area contributed by atoms with Crippen molar-refractivity contribution in [1.82, 2.24) is 9.88 Å². The maximum absolute atomic E-state index is 6.11. The molecular formula is C17H23N3. The average molecular weight is 269 g/mol. The van der Waals surface area contributed by atoms with Crippen LogP contribution >= 0.6 is 0 Å². The SMILES string of the molecule is NCC(c1cccc2cccnc12)N1CCCCCC1. The van der Waals surface area contributed by atoms with Gasteiger partial charge >= 0.3 is 0 Å². The van der Waals surface area contributed by atoms with Crippen LogP contribution in [0.1, 0.15) is 37.3 Å². The molecule has 1 unspecified atom stereocenters. The van der Waals surface area contributed by atoms with Gasteiger partial charge in [-0.25, -0.2) is 0 Å². The third kappa shape index (κ3) is 2.69. The quantitative estimate of drug-likeness (QED) is 0.931. The maximum atomic E-state index is 6.11. The van der Waals surface area contributed by atoms with Gasteiger partial charge in [-0.3, -0.25) is 9.88 Å². The Labute approximate surface area is 120 Å². The summed E-state index contributed by atoms with van der Waals surface area (Å²) < 4.78 is 0. The number of rotatable bonds is 3. The van der Waals surface area contributed by atoms with Gasteiger partial charge in [-0.15, -0.1) is 0 Å². The number of aromatic nitrogens is 1. The number of nitrogens with two attached hydrogens (primary N) is 1. The van der Waals surface area contributed by atoms with E-state index >= 15 is 0 Å². The van der Waals surface area contributed by atoms with Crippen LogP contribution in [0, 0.1) is 0 Å². The van der Waals surface area contributed by atoms with Gasteiger partial charge in [0.2, 0.25) is 0 Å². The summed E-state index contributed by atoms with van der Waals surface area (Å²) in [5.41, 5.74) is 8.50. The molecule has 1 aromatic heterocycles. The molecule has 1 atom stereocenters. The lowest BCUT2D eigenvalue weighted by Gasteiger charge is -2.30. The topological polar surface area (TPSA) is 42.1 Å². The minimum atomic E-state index is 0.298. The van der Waals surface area contributed by atoms with E-state index in [1.165, 1.54) is 36.6 Å². The van der Waals surface area contributed by atoms with Crippen molar-refractivity contribution in [1.29, 1.82) is 0 Å². The van der Waals surface area contributed by atoms with Crippen LogP contribution in [-0.2, 0) is 0 Å². The van der Waals surface area contributed by atoms with Crippen molar-refractivity contribution in [3.8, 4) is 0 Å². The van der Waals surface area contributed by atoms with E-state index in [9.17, 15) is 0 Å². The Kier molecular flexibility index (Phi) is 4.28. The van der Waals surface area contributed by atoms with Crippen LogP contribution in [0.2, 0.25) is 0 Å². The van der Waals surface area contributed by atoms with Gasteiger partial charge in [0.1, 0.15) is 0 Å². The Balaban J connectivity index is 1.98. The van der Waals surface area contributed by atoms with Crippen molar-refractivity contribution >= 4 is 10.9 Å². The summed E-state index contributed by atoms with van der Waals surface area (Å²) in [4.78, 5) is 7.14. The smallest absolute Gasteiger partial charge is 0.0750 e. The molecule has 1 saturated heterocycles. The number of fused-ring (bicyclic) bond motifs is 1. The molecule has 1 aliphatic heterocycles. The number of nitrogens with zero attached hydrogens (tertiary/aromatic N) is 2. The Morgan fingerprint density at radius 3 is 2.55 bits per heavy atom. The van der Waals surface area contributed by atoms with Crippen molar-refractivity contribution in [3.63, 3.8) is 0 Å². The fourth-order valence-electron chi connectivity index (χ4n) is 3.28. The molecule has 0 amide bonds. The van der Waals surface area contributed by atoms with Crippen molar-refractivity contribution in [2.24, 2.45) is 5.73 Å². The minimum absolute atomic E-state index is 0.298. The van der Waals surface area contributed by atoms with E-state index in [0.717, 1.165) is 18.6 Å². The third-order valence-corrected chi connectivity index (χ3v) is 4.33. The third-order valence-electron chi connectivity index (χ3n) is 4.33. The average Bonchev–Trinajstić information content (AvgIpc) is 2.78. The second-order valence-electron chi connectivity index (χ2n) is 5.62. The van der Waals surface area contributed by atoms with Crippen LogP contribution in [0.15, 0.2) is 36.5 Å². The lowest BCUT2D eigenvalue weighted by Crippen LogP contribution is -2.34. The summed E-state index contributed by atoms with van der Waals surface area (Å²) in [5.74, 6) is 0. The number of hydrogen-bond donors (Lipinski definition) is 1. The molecule has 1 aromatic carbocycles. The van der Waals surface area contributed by atoms with Gasteiger partial charge in [0, 0.05) is 24.2 Å².